The molecule has 2 aromatic carbocycles. The van der Waals surface area contributed by atoms with Gasteiger partial charge in [-0.1, -0.05) is 43.3 Å². The molecule has 2 rings (SSSR count). The average molecular weight is 447 g/mol. The lowest BCUT2D eigenvalue weighted by atomic mass is 10.2. The summed E-state index contributed by atoms with van der Waals surface area (Å²) in [6, 6.07) is 11.7. The molecule has 0 saturated heterocycles. The molecule has 0 unspecified atom stereocenters. The van der Waals surface area contributed by atoms with Gasteiger partial charge in [0, 0.05) is 6.42 Å². The number of carbonyl (C=O) groups excluding carboxylic acids is 2. The molecule has 0 aromatic heterocycles. The van der Waals surface area contributed by atoms with Gasteiger partial charge in [-0.25, -0.2) is 4.79 Å². The summed E-state index contributed by atoms with van der Waals surface area (Å²) in [6.45, 7) is 1.29. The SMILES string of the molecule is CCC(=O)Oc1c(NC(=O)OCc2ccccc2)cccc1OS(=O)(=O)C(F)(F)F. The van der Waals surface area contributed by atoms with Crippen molar-refractivity contribution in [1.82, 2.24) is 0 Å². The standard InChI is InChI=1S/C18H16F3NO7S/c1-2-15(23)28-16-13(22-17(24)27-11-12-7-4-3-5-8-12)9-6-10-14(16)29-30(25,26)18(19,20)21/h3-10H,2,11H2,1H3,(H,22,24). The molecule has 0 aliphatic heterocycles. The van der Waals surface area contributed by atoms with E-state index in [1.54, 1.807) is 30.3 Å². The van der Waals surface area contributed by atoms with E-state index in [0.717, 1.165) is 18.2 Å². The van der Waals surface area contributed by atoms with Gasteiger partial charge < -0.3 is 13.7 Å². The van der Waals surface area contributed by atoms with Crippen LogP contribution >= 0.6 is 0 Å². The lowest BCUT2D eigenvalue weighted by Gasteiger charge is -2.16. The maximum Gasteiger partial charge on any atom is 0.534 e. The van der Waals surface area contributed by atoms with Crippen LogP contribution in [0.2, 0.25) is 0 Å². The van der Waals surface area contributed by atoms with Crippen molar-refractivity contribution in [2.24, 2.45) is 0 Å². The second-order valence-electron chi connectivity index (χ2n) is 5.63. The van der Waals surface area contributed by atoms with E-state index in [1.165, 1.54) is 6.92 Å². The summed E-state index contributed by atoms with van der Waals surface area (Å²) in [7, 11) is -6.04. The second kappa shape index (κ2) is 9.48. The normalized spacial score (nSPS) is 11.5. The molecule has 0 aliphatic carbocycles. The Hall–Kier alpha value is -3.28. The fraction of sp³-hybridized carbons (Fsp3) is 0.222. The average Bonchev–Trinajstić information content (AvgIpc) is 2.68. The van der Waals surface area contributed by atoms with E-state index < -0.39 is 39.2 Å². The van der Waals surface area contributed by atoms with Gasteiger partial charge in [0.1, 0.15) is 6.61 Å². The highest BCUT2D eigenvalue weighted by Crippen LogP contribution is 2.38. The van der Waals surface area contributed by atoms with E-state index in [-0.39, 0.29) is 18.7 Å². The predicted molar refractivity (Wildman–Crippen MR) is 98.2 cm³/mol. The van der Waals surface area contributed by atoms with E-state index in [2.05, 4.69) is 9.50 Å². The molecule has 1 amide bonds. The molecule has 0 spiro atoms. The first-order valence-electron chi connectivity index (χ1n) is 8.35. The smallest absolute Gasteiger partial charge is 0.444 e. The highest BCUT2D eigenvalue weighted by molar-refractivity contribution is 7.88. The van der Waals surface area contributed by atoms with Gasteiger partial charge in [0.25, 0.3) is 0 Å². The summed E-state index contributed by atoms with van der Waals surface area (Å²) in [6.07, 6.45) is -1.21. The van der Waals surface area contributed by atoms with Crippen molar-refractivity contribution in [1.29, 1.82) is 0 Å². The van der Waals surface area contributed by atoms with Gasteiger partial charge >= 0.3 is 27.7 Å². The number of nitrogens with one attached hydrogen (secondary N) is 1. The first-order valence-corrected chi connectivity index (χ1v) is 9.76. The molecule has 0 fully saturated rings. The molecular weight excluding hydrogens is 431 g/mol. The third-order valence-electron chi connectivity index (χ3n) is 3.42. The number of para-hydroxylation sites is 1. The number of amides is 1. The van der Waals surface area contributed by atoms with Gasteiger partial charge in [-0.3, -0.25) is 10.1 Å². The second-order valence-corrected chi connectivity index (χ2v) is 7.17. The Morgan fingerprint density at radius 1 is 1.03 bits per heavy atom. The van der Waals surface area contributed by atoms with Gasteiger partial charge in [0.15, 0.2) is 11.5 Å². The Balaban J connectivity index is 2.27. The van der Waals surface area contributed by atoms with Crippen molar-refractivity contribution >= 4 is 27.9 Å². The summed E-state index contributed by atoms with van der Waals surface area (Å²) in [5, 5.41) is 2.18. The molecule has 0 saturated carbocycles. The Morgan fingerprint density at radius 2 is 1.70 bits per heavy atom. The zero-order valence-corrected chi connectivity index (χ0v) is 16.2. The number of carbonyl (C=O) groups is 2. The zero-order chi connectivity index (χ0) is 22.4. The maximum atomic E-state index is 12.6. The minimum atomic E-state index is -6.04. The van der Waals surface area contributed by atoms with Gasteiger partial charge in [0.05, 0.1) is 5.69 Å². The van der Waals surface area contributed by atoms with Crippen LogP contribution in [0.15, 0.2) is 48.5 Å². The highest BCUT2D eigenvalue weighted by Gasteiger charge is 2.49. The molecule has 0 radical (unpaired) electrons. The Bertz CT molecular complexity index is 1010. The number of esters is 1. The number of hydrogen-bond donors (Lipinski definition) is 1. The van der Waals surface area contributed by atoms with Gasteiger partial charge in [-0.2, -0.15) is 21.6 Å². The number of benzene rings is 2. The Labute approximate surface area is 169 Å². The van der Waals surface area contributed by atoms with Crippen molar-refractivity contribution in [3.05, 3.63) is 54.1 Å². The fourth-order valence-electron chi connectivity index (χ4n) is 2.01. The summed E-state index contributed by atoms with van der Waals surface area (Å²) in [5.74, 6) is -2.56. The van der Waals surface area contributed by atoms with Gasteiger partial charge in [0.2, 0.25) is 0 Å². The number of hydrogen-bond acceptors (Lipinski definition) is 7. The molecule has 12 heteroatoms. The minimum Gasteiger partial charge on any atom is -0.444 e. The quantitative estimate of drug-likeness (QED) is 0.296. The molecule has 0 heterocycles. The first kappa shape index (κ1) is 23.0. The van der Waals surface area contributed by atoms with Crippen LogP contribution in [0.5, 0.6) is 11.5 Å². The van der Waals surface area contributed by atoms with Crippen molar-refractivity contribution in [2.75, 3.05) is 5.32 Å². The molecule has 0 bridgehead atoms. The van der Waals surface area contributed by atoms with Crippen molar-refractivity contribution in [2.45, 2.75) is 25.5 Å². The number of ether oxygens (including phenoxy) is 2. The number of anilines is 1. The van der Waals surface area contributed by atoms with Crippen LogP contribution in [0.4, 0.5) is 23.7 Å². The third-order valence-corrected chi connectivity index (χ3v) is 4.38. The predicted octanol–water partition coefficient (Wildman–Crippen LogP) is 3.98. The van der Waals surface area contributed by atoms with Crippen molar-refractivity contribution in [3.8, 4) is 11.5 Å². The van der Waals surface area contributed by atoms with E-state index in [4.69, 9.17) is 9.47 Å². The van der Waals surface area contributed by atoms with Gasteiger partial charge in [-0.05, 0) is 17.7 Å². The van der Waals surface area contributed by atoms with Crippen LogP contribution in [0, 0.1) is 0 Å². The highest BCUT2D eigenvalue weighted by atomic mass is 32.2. The van der Waals surface area contributed by atoms with Crippen LogP contribution in [0.1, 0.15) is 18.9 Å². The summed E-state index contributed by atoms with van der Waals surface area (Å²) < 4.78 is 74.5. The number of alkyl halides is 3. The van der Waals surface area contributed by atoms with Crippen LogP contribution in [0.3, 0.4) is 0 Å². The third kappa shape index (κ3) is 6.11. The molecule has 2 aromatic rings. The monoisotopic (exact) mass is 447 g/mol. The van der Waals surface area contributed by atoms with E-state index in [0.29, 0.717) is 5.56 Å². The van der Waals surface area contributed by atoms with Crippen LogP contribution in [-0.2, 0) is 26.3 Å². The van der Waals surface area contributed by atoms with E-state index >= 15 is 0 Å². The molecule has 0 atom stereocenters. The Morgan fingerprint density at radius 3 is 2.30 bits per heavy atom. The molecule has 8 nitrogen and oxygen atoms in total. The van der Waals surface area contributed by atoms with Crippen LogP contribution in [-0.4, -0.2) is 26.0 Å². The molecule has 30 heavy (non-hydrogen) atoms. The lowest BCUT2D eigenvalue weighted by Crippen LogP contribution is -2.28. The molecular formula is C18H16F3NO7S. The largest absolute Gasteiger partial charge is 0.534 e. The minimum absolute atomic E-state index is 0.116. The summed E-state index contributed by atoms with van der Waals surface area (Å²) in [5.41, 5.74) is -5.37. The Kier molecular flexibility index (Phi) is 7.27. The van der Waals surface area contributed by atoms with E-state index in [1.807, 2.05) is 0 Å². The zero-order valence-electron chi connectivity index (χ0n) is 15.4. The number of halogens is 3. The van der Waals surface area contributed by atoms with Crippen molar-refractivity contribution in [3.63, 3.8) is 0 Å². The lowest BCUT2D eigenvalue weighted by molar-refractivity contribution is -0.134. The van der Waals surface area contributed by atoms with E-state index in [9.17, 15) is 31.2 Å². The molecule has 1 N–H and O–H groups in total. The topological polar surface area (TPSA) is 108 Å². The molecule has 0 aliphatic rings. The fourth-order valence-corrected chi connectivity index (χ4v) is 2.47. The molecule has 162 valence electrons. The summed E-state index contributed by atoms with van der Waals surface area (Å²) in [4.78, 5) is 23.7. The summed E-state index contributed by atoms with van der Waals surface area (Å²) >= 11 is 0. The maximum absolute atomic E-state index is 12.6. The number of rotatable bonds is 7. The van der Waals surface area contributed by atoms with Crippen LogP contribution < -0.4 is 14.2 Å². The first-order chi connectivity index (χ1) is 14.0. The van der Waals surface area contributed by atoms with Gasteiger partial charge in [-0.15, -0.1) is 0 Å². The van der Waals surface area contributed by atoms with Crippen LogP contribution in [0.25, 0.3) is 0 Å². The van der Waals surface area contributed by atoms with Crippen molar-refractivity contribution < 1.29 is 44.8 Å².